The maximum atomic E-state index is 12.3. The second-order valence-electron chi connectivity index (χ2n) is 4.95. The number of hydrogen-bond acceptors (Lipinski definition) is 1. The molecule has 1 aromatic heterocycles. The first-order chi connectivity index (χ1) is 10.3. The zero-order valence-electron chi connectivity index (χ0n) is 11.2. The molecule has 0 spiro atoms. The zero-order valence-corrected chi connectivity index (χ0v) is 11.2. The molecule has 1 N–H and O–H groups in total. The van der Waals surface area contributed by atoms with Crippen LogP contribution in [0.25, 0.3) is 11.3 Å². The van der Waals surface area contributed by atoms with Gasteiger partial charge in [-0.2, -0.15) is 0 Å². The molecule has 0 saturated heterocycles. The summed E-state index contributed by atoms with van der Waals surface area (Å²) in [4.78, 5) is 19.7. The minimum atomic E-state index is -0.177. The molecule has 0 radical (unpaired) electrons. The van der Waals surface area contributed by atoms with E-state index in [2.05, 4.69) is 9.98 Å². The number of aromatic nitrogens is 1. The fourth-order valence-corrected chi connectivity index (χ4v) is 2.70. The Bertz CT molecular complexity index is 845. The van der Waals surface area contributed by atoms with Gasteiger partial charge >= 0.3 is 0 Å². The van der Waals surface area contributed by atoms with Crippen LogP contribution < -0.4 is 0 Å². The van der Waals surface area contributed by atoms with Crippen LogP contribution in [0.3, 0.4) is 0 Å². The van der Waals surface area contributed by atoms with E-state index in [-0.39, 0.29) is 5.91 Å². The van der Waals surface area contributed by atoms with Crippen molar-refractivity contribution < 1.29 is 4.79 Å². The van der Waals surface area contributed by atoms with Gasteiger partial charge < -0.3 is 4.98 Å². The lowest BCUT2D eigenvalue weighted by atomic mass is 10.0. The molecule has 0 saturated carbocycles. The first-order valence-corrected chi connectivity index (χ1v) is 6.80. The largest absolute Gasteiger partial charge is 0.360 e. The number of nitrogens with one attached hydrogen (secondary N) is 1. The Balaban J connectivity index is 1.86. The van der Waals surface area contributed by atoms with Crippen molar-refractivity contribution in [2.45, 2.75) is 0 Å². The van der Waals surface area contributed by atoms with Crippen LogP contribution >= 0.6 is 0 Å². The van der Waals surface area contributed by atoms with Crippen LogP contribution in [0, 0.1) is 0 Å². The van der Waals surface area contributed by atoms with E-state index in [1.807, 2.05) is 66.9 Å². The predicted octanol–water partition coefficient (Wildman–Crippen LogP) is 3.67. The normalized spacial score (nSPS) is 13.1. The Kier molecular flexibility index (Phi) is 2.57. The summed E-state index contributed by atoms with van der Waals surface area (Å²) in [6.45, 7) is 0. The summed E-state index contributed by atoms with van der Waals surface area (Å²) in [5.74, 6) is -0.177. The summed E-state index contributed by atoms with van der Waals surface area (Å²) in [6, 6.07) is 19.6. The highest BCUT2D eigenvalue weighted by atomic mass is 16.1. The van der Waals surface area contributed by atoms with E-state index in [9.17, 15) is 4.79 Å². The van der Waals surface area contributed by atoms with Crippen molar-refractivity contribution in [2.75, 3.05) is 0 Å². The lowest BCUT2D eigenvalue weighted by molar-refractivity contribution is 0.101. The Morgan fingerprint density at radius 1 is 0.810 bits per heavy atom. The second-order valence-corrected chi connectivity index (χ2v) is 4.95. The minimum absolute atomic E-state index is 0.177. The van der Waals surface area contributed by atoms with Crippen LogP contribution in [0.5, 0.6) is 0 Å². The summed E-state index contributed by atoms with van der Waals surface area (Å²) < 4.78 is 0. The molecule has 100 valence electrons. The SMILES string of the molecule is O=C1N=C(c2ccccc2)c2c[nH]c(-c3ccccc3)c21. The second kappa shape index (κ2) is 4.56. The molecular formula is C18H12N2O. The molecule has 1 aliphatic heterocycles. The van der Waals surface area contributed by atoms with Crippen LogP contribution in [-0.4, -0.2) is 16.6 Å². The van der Waals surface area contributed by atoms with E-state index in [1.54, 1.807) is 0 Å². The molecule has 1 amide bonds. The number of H-pyrrole nitrogens is 1. The van der Waals surface area contributed by atoms with Crippen LogP contribution in [0.15, 0.2) is 71.9 Å². The zero-order chi connectivity index (χ0) is 14.2. The number of carbonyl (C=O) groups is 1. The number of aliphatic imine (C=N–C) groups is 1. The molecule has 3 heteroatoms. The first kappa shape index (κ1) is 11.9. The highest BCUT2D eigenvalue weighted by molar-refractivity contribution is 6.29. The van der Waals surface area contributed by atoms with E-state index in [4.69, 9.17) is 0 Å². The number of carbonyl (C=O) groups excluding carboxylic acids is 1. The lowest BCUT2D eigenvalue weighted by Crippen LogP contribution is -1.98. The van der Waals surface area contributed by atoms with Gasteiger partial charge in [0.15, 0.2) is 0 Å². The molecule has 0 fully saturated rings. The molecule has 3 aromatic rings. The third-order valence-corrected chi connectivity index (χ3v) is 3.67. The maximum absolute atomic E-state index is 12.3. The molecule has 4 rings (SSSR count). The van der Waals surface area contributed by atoms with Crippen LogP contribution in [0.2, 0.25) is 0 Å². The highest BCUT2D eigenvalue weighted by Crippen LogP contribution is 2.31. The topological polar surface area (TPSA) is 45.2 Å². The van der Waals surface area contributed by atoms with Gasteiger partial charge in [0.1, 0.15) is 0 Å². The van der Waals surface area contributed by atoms with Gasteiger partial charge in [0.2, 0.25) is 0 Å². The molecule has 1 aliphatic rings. The van der Waals surface area contributed by atoms with E-state index in [1.165, 1.54) is 0 Å². The summed E-state index contributed by atoms with van der Waals surface area (Å²) in [7, 11) is 0. The van der Waals surface area contributed by atoms with Crippen molar-refractivity contribution >= 4 is 11.6 Å². The van der Waals surface area contributed by atoms with Crippen molar-refractivity contribution in [1.29, 1.82) is 0 Å². The molecule has 0 aliphatic carbocycles. The summed E-state index contributed by atoms with van der Waals surface area (Å²) in [5, 5.41) is 0. The van der Waals surface area contributed by atoms with Gasteiger partial charge in [0, 0.05) is 17.3 Å². The van der Waals surface area contributed by atoms with Crippen LogP contribution in [-0.2, 0) is 0 Å². The van der Waals surface area contributed by atoms with Crippen LogP contribution in [0.4, 0.5) is 0 Å². The fraction of sp³-hybridized carbons (Fsp3) is 0. The number of benzene rings is 2. The highest BCUT2D eigenvalue weighted by Gasteiger charge is 2.29. The predicted molar refractivity (Wildman–Crippen MR) is 82.6 cm³/mol. The molecule has 0 unspecified atom stereocenters. The van der Waals surface area contributed by atoms with Crippen LogP contribution in [0.1, 0.15) is 21.5 Å². The minimum Gasteiger partial charge on any atom is -0.360 e. The molecule has 0 bridgehead atoms. The third-order valence-electron chi connectivity index (χ3n) is 3.67. The lowest BCUT2D eigenvalue weighted by Gasteiger charge is -1.99. The van der Waals surface area contributed by atoms with Gasteiger partial charge in [-0.1, -0.05) is 60.7 Å². The van der Waals surface area contributed by atoms with Crippen molar-refractivity contribution in [3.63, 3.8) is 0 Å². The molecule has 2 aromatic carbocycles. The van der Waals surface area contributed by atoms with Crippen molar-refractivity contribution in [3.8, 4) is 11.3 Å². The Hall–Kier alpha value is -2.94. The number of fused-ring (bicyclic) bond motifs is 1. The monoisotopic (exact) mass is 272 g/mol. The number of hydrogen-bond donors (Lipinski definition) is 1. The molecule has 21 heavy (non-hydrogen) atoms. The third kappa shape index (κ3) is 1.82. The van der Waals surface area contributed by atoms with E-state index < -0.39 is 0 Å². The molecule has 3 nitrogen and oxygen atoms in total. The van der Waals surface area contributed by atoms with E-state index >= 15 is 0 Å². The van der Waals surface area contributed by atoms with Gasteiger partial charge in [0.25, 0.3) is 5.91 Å². The number of rotatable bonds is 2. The first-order valence-electron chi connectivity index (χ1n) is 6.80. The average molecular weight is 272 g/mol. The van der Waals surface area contributed by atoms with Gasteiger partial charge in [0.05, 0.1) is 17.0 Å². The van der Waals surface area contributed by atoms with Gasteiger partial charge in [-0.15, -0.1) is 0 Å². The average Bonchev–Trinajstić information content (AvgIpc) is 3.11. The van der Waals surface area contributed by atoms with Crippen molar-refractivity contribution in [2.24, 2.45) is 4.99 Å². The molecular weight excluding hydrogens is 260 g/mol. The maximum Gasteiger partial charge on any atom is 0.280 e. The van der Waals surface area contributed by atoms with Gasteiger partial charge in [-0.3, -0.25) is 4.79 Å². The Morgan fingerprint density at radius 3 is 2.10 bits per heavy atom. The Labute approximate surface area is 122 Å². The summed E-state index contributed by atoms with van der Waals surface area (Å²) in [5.41, 5.74) is 5.09. The smallest absolute Gasteiger partial charge is 0.280 e. The van der Waals surface area contributed by atoms with Crippen molar-refractivity contribution in [1.82, 2.24) is 4.98 Å². The molecule has 0 atom stereocenters. The van der Waals surface area contributed by atoms with Crippen molar-refractivity contribution in [3.05, 3.63) is 83.6 Å². The van der Waals surface area contributed by atoms with E-state index in [0.717, 1.165) is 28.1 Å². The fourth-order valence-electron chi connectivity index (χ4n) is 2.70. The standard InChI is InChI=1S/C18H12N2O/c21-18-15-14(16(20-18)12-7-3-1-4-8-12)11-19-17(15)13-9-5-2-6-10-13/h1-11,19H. The van der Waals surface area contributed by atoms with Gasteiger partial charge in [-0.25, -0.2) is 4.99 Å². The summed E-state index contributed by atoms with van der Waals surface area (Å²) >= 11 is 0. The Morgan fingerprint density at radius 2 is 1.43 bits per heavy atom. The van der Waals surface area contributed by atoms with Gasteiger partial charge in [-0.05, 0) is 5.56 Å². The quantitative estimate of drug-likeness (QED) is 0.760. The number of aromatic amines is 1. The number of nitrogens with zero attached hydrogens (tertiary/aromatic N) is 1. The van der Waals surface area contributed by atoms with E-state index in [0.29, 0.717) is 5.56 Å². The molecule has 2 heterocycles. The summed E-state index contributed by atoms with van der Waals surface area (Å²) in [6.07, 6.45) is 1.87. The number of amides is 1.